The fourth-order valence-corrected chi connectivity index (χ4v) is 5.48. The molecule has 1 saturated heterocycles. The number of hydrogen-bond donors (Lipinski definition) is 1. The Hall–Kier alpha value is -4.43. The van der Waals surface area contributed by atoms with Crippen LogP contribution in [0.15, 0.2) is 115 Å². The number of rotatable bonds is 10. The fourth-order valence-electron chi connectivity index (χ4n) is 5.23. The van der Waals surface area contributed by atoms with Gasteiger partial charge in [0.2, 0.25) is 0 Å². The van der Waals surface area contributed by atoms with Gasteiger partial charge < -0.3 is 9.47 Å². The van der Waals surface area contributed by atoms with Crippen LogP contribution in [0.4, 0.5) is 0 Å². The van der Waals surface area contributed by atoms with Gasteiger partial charge in [-0.2, -0.15) is 0 Å². The van der Waals surface area contributed by atoms with Crippen LogP contribution in [0.25, 0.3) is 0 Å². The molecule has 228 valence electrons. The molecule has 0 spiro atoms. The average molecular weight is 640 g/mol. The number of hydrazine groups is 1. The Morgan fingerprint density at radius 1 is 0.667 bits per heavy atom. The number of aromatic nitrogens is 2. The van der Waals surface area contributed by atoms with E-state index in [2.05, 4.69) is 5.43 Å². The third kappa shape index (κ3) is 7.81. The minimum Gasteiger partial charge on any atom is -0.479 e. The van der Waals surface area contributed by atoms with Gasteiger partial charge in [-0.1, -0.05) is 90.3 Å². The second-order valence-corrected chi connectivity index (χ2v) is 11.6. The Balaban J connectivity index is 1.50. The zero-order valence-corrected chi connectivity index (χ0v) is 26.0. The number of carbonyl (C=O) groups excluding carboxylic acids is 1. The zero-order chi connectivity index (χ0) is 31.0. The van der Waals surface area contributed by atoms with E-state index in [1.165, 1.54) is 6.20 Å². The van der Waals surface area contributed by atoms with E-state index in [0.717, 1.165) is 43.5 Å². The van der Waals surface area contributed by atoms with Gasteiger partial charge in [0.05, 0.1) is 6.20 Å². The Labute approximate surface area is 272 Å². The van der Waals surface area contributed by atoms with Gasteiger partial charge >= 0.3 is 0 Å². The molecule has 9 heteroatoms. The highest BCUT2D eigenvalue weighted by molar-refractivity contribution is 6.30. The van der Waals surface area contributed by atoms with Crippen LogP contribution < -0.4 is 14.9 Å². The molecule has 2 unspecified atom stereocenters. The molecule has 0 radical (unpaired) electrons. The van der Waals surface area contributed by atoms with Crippen LogP contribution in [-0.4, -0.2) is 34.0 Å². The number of nitrogens with zero attached hydrogens (tertiary/aromatic N) is 3. The van der Waals surface area contributed by atoms with Crippen molar-refractivity contribution in [3.05, 3.63) is 154 Å². The second kappa shape index (κ2) is 14.6. The average Bonchev–Trinajstić information content (AvgIpc) is 3.08. The van der Waals surface area contributed by atoms with E-state index in [0.29, 0.717) is 32.9 Å². The lowest BCUT2D eigenvalue weighted by Crippen LogP contribution is -2.45. The van der Waals surface area contributed by atoms with Crippen LogP contribution in [-0.2, 0) is 0 Å². The predicted molar refractivity (Wildman–Crippen MR) is 176 cm³/mol. The standard InChI is InChI=1S/C36H32Cl2N4O3/c37-27-18-14-25(15-19-27)34(44-29-10-4-1-5-11-29)32-33(40-31(24-39-32)36(43)41-42-22-8-3-9-23-42)35(26-16-20-28(38)21-17-26)45-30-12-6-2-7-13-30/h1-2,4-7,10-21,24,34-35H,3,8-9,22-23H2,(H,41,43). The summed E-state index contributed by atoms with van der Waals surface area (Å²) in [5.41, 5.74) is 5.69. The maximum absolute atomic E-state index is 13.5. The monoisotopic (exact) mass is 638 g/mol. The Bertz CT molecular complexity index is 1700. The molecule has 45 heavy (non-hydrogen) atoms. The van der Waals surface area contributed by atoms with Gasteiger partial charge in [0, 0.05) is 23.1 Å². The molecule has 6 rings (SSSR count). The summed E-state index contributed by atoms with van der Waals surface area (Å²) >= 11 is 12.6. The topological polar surface area (TPSA) is 76.6 Å². The summed E-state index contributed by atoms with van der Waals surface area (Å²) in [5.74, 6) is 0.934. The van der Waals surface area contributed by atoms with Gasteiger partial charge in [-0.05, 0) is 72.5 Å². The van der Waals surface area contributed by atoms with Gasteiger partial charge in [0.15, 0.2) is 12.2 Å². The Kier molecular flexibility index (Phi) is 9.90. The lowest BCUT2D eigenvalue weighted by molar-refractivity contribution is 0.0743. The maximum atomic E-state index is 13.5. The Morgan fingerprint density at radius 3 is 1.67 bits per heavy atom. The molecule has 1 aromatic heterocycles. The molecular weight excluding hydrogens is 607 g/mol. The summed E-state index contributed by atoms with van der Waals surface area (Å²) in [4.78, 5) is 23.4. The van der Waals surface area contributed by atoms with Gasteiger partial charge in [-0.15, -0.1) is 0 Å². The minimum atomic E-state index is -0.760. The molecule has 7 nitrogen and oxygen atoms in total. The third-order valence-electron chi connectivity index (χ3n) is 7.51. The predicted octanol–water partition coefficient (Wildman–Crippen LogP) is 8.25. The number of hydrogen-bond acceptors (Lipinski definition) is 6. The molecule has 2 heterocycles. The number of nitrogens with one attached hydrogen (secondary N) is 1. The van der Waals surface area contributed by atoms with Crippen LogP contribution in [0.1, 0.15) is 64.5 Å². The van der Waals surface area contributed by atoms with Crippen molar-refractivity contribution in [2.75, 3.05) is 13.1 Å². The first-order valence-electron chi connectivity index (χ1n) is 14.9. The number of para-hydroxylation sites is 2. The Morgan fingerprint density at radius 2 is 1.16 bits per heavy atom. The summed E-state index contributed by atoms with van der Waals surface area (Å²) in [6.07, 6.45) is 3.23. The lowest BCUT2D eigenvalue weighted by Gasteiger charge is -2.28. The zero-order valence-electron chi connectivity index (χ0n) is 24.5. The van der Waals surface area contributed by atoms with Crippen molar-refractivity contribution < 1.29 is 14.3 Å². The first-order chi connectivity index (χ1) is 22.0. The van der Waals surface area contributed by atoms with Gasteiger partial charge in [-0.3, -0.25) is 15.2 Å². The van der Waals surface area contributed by atoms with Crippen molar-refractivity contribution in [2.24, 2.45) is 0 Å². The highest BCUT2D eigenvalue weighted by Crippen LogP contribution is 2.36. The van der Waals surface area contributed by atoms with Crippen LogP contribution >= 0.6 is 23.2 Å². The van der Waals surface area contributed by atoms with E-state index < -0.39 is 12.2 Å². The summed E-state index contributed by atoms with van der Waals surface area (Å²) < 4.78 is 13.3. The maximum Gasteiger partial charge on any atom is 0.285 e. The van der Waals surface area contributed by atoms with Crippen LogP contribution in [0.2, 0.25) is 10.0 Å². The SMILES string of the molecule is O=C(NN1CCCCC1)c1cnc(C(Oc2ccccc2)c2ccc(Cl)cc2)c(C(Oc2ccccc2)c2ccc(Cl)cc2)n1. The molecule has 5 aromatic rings. The summed E-state index contributed by atoms with van der Waals surface area (Å²) in [6, 6.07) is 33.8. The van der Waals surface area contributed by atoms with Gasteiger partial charge in [0.25, 0.3) is 5.91 Å². The number of halogens is 2. The minimum absolute atomic E-state index is 0.171. The summed E-state index contributed by atoms with van der Waals surface area (Å²) in [5, 5.41) is 3.12. The smallest absolute Gasteiger partial charge is 0.285 e. The van der Waals surface area contributed by atoms with E-state index >= 15 is 0 Å². The van der Waals surface area contributed by atoms with Crippen molar-refractivity contribution >= 4 is 29.1 Å². The normalized spacial score (nSPS) is 14.7. The highest BCUT2D eigenvalue weighted by Gasteiger charge is 2.31. The van der Waals surface area contributed by atoms with Crippen molar-refractivity contribution in [3.8, 4) is 11.5 Å². The molecule has 0 bridgehead atoms. The number of ether oxygens (including phenoxy) is 2. The molecule has 1 N–H and O–H groups in total. The van der Waals surface area contributed by atoms with E-state index in [-0.39, 0.29) is 11.6 Å². The number of benzene rings is 4. The van der Waals surface area contributed by atoms with Crippen LogP contribution in [0.3, 0.4) is 0 Å². The largest absolute Gasteiger partial charge is 0.479 e. The van der Waals surface area contributed by atoms with Crippen molar-refractivity contribution in [1.29, 1.82) is 0 Å². The van der Waals surface area contributed by atoms with Gasteiger partial charge in [-0.25, -0.2) is 9.99 Å². The van der Waals surface area contributed by atoms with Crippen molar-refractivity contribution in [3.63, 3.8) is 0 Å². The quantitative estimate of drug-likeness (QED) is 0.166. The number of piperidine rings is 1. The number of carbonyl (C=O) groups is 1. The first kappa shape index (κ1) is 30.6. The fraction of sp³-hybridized carbons (Fsp3) is 0.194. The molecule has 1 aliphatic heterocycles. The van der Waals surface area contributed by atoms with E-state index in [9.17, 15) is 4.79 Å². The third-order valence-corrected chi connectivity index (χ3v) is 8.02. The molecule has 1 aliphatic rings. The summed E-state index contributed by atoms with van der Waals surface area (Å²) in [7, 11) is 0. The van der Waals surface area contributed by atoms with E-state index in [1.807, 2.05) is 102 Å². The second-order valence-electron chi connectivity index (χ2n) is 10.7. The lowest BCUT2D eigenvalue weighted by atomic mass is 9.98. The first-order valence-corrected chi connectivity index (χ1v) is 15.7. The van der Waals surface area contributed by atoms with Crippen molar-refractivity contribution in [2.45, 2.75) is 31.5 Å². The molecular formula is C36H32Cl2N4O3. The summed E-state index contributed by atoms with van der Waals surface area (Å²) in [6.45, 7) is 1.58. The molecule has 0 aliphatic carbocycles. The highest BCUT2D eigenvalue weighted by atomic mass is 35.5. The molecule has 0 saturated carbocycles. The van der Waals surface area contributed by atoms with E-state index in [1.54, 1.807) is 12.1 Å². The number of amides is 1. The molecule has 1 fully saturated rings. The van der Waals surface area contributed by atoms with Crippen LogP contribution in [0.5, 0.6) is 11.5 Å². The molecule has 4 aromatic carbocycles. The molecule has 1 amide bonds. The van der Waals surface area contributed by atoms with Crippen molar-refractivity contribution in [1.82, 2.24) is 20.4 Å². The van der Waals surface area contributed by atoms with Gasteiger partial charge in [0.1, 0.15) is 28.6 Å². The van der Waals surface area contributed by atoms with E-state index in [4.69, 9.17) is 42.6 Å². The molecule has 2 atom stereocenters. The van der Waals surface area contributed by atoms with Crippen LogP contribution in [0, 0.1) is 0 Å².